The van der Waals surface area contributed by atoms with Gasteiger partial charge in [-0.05, 0) is 39.7 Å². The van der Waals surface area contributed by atoms with Crippen molar-refractivity contribution >= 4 is 5.97 Å². The number of hydrogen-bond acceptors (Lipinski definition) is 5. The third kappa shape index (κ3) is 4.55. The molecule has 5 nitrogen and oxygen atoms in total. The van der Waals surface area contributed by atoms with E-state index in [1.165, 1.54) is 0 Å². The number of rotatable bonds is 6. The van der Waals surface area contributed by atoms with Crippen molar-refractivity contribution in [1.29, 1.82) is 0 Å². The maximum atomic E-state index is 11.7. The summed E-state index contributed by atoms with van der Waals surface area (Å²) in [5, 5.41) is 0. The molecule has 0 saturated carbocycles. The molecule has 18 heavy (non-hydrogen) atoms. The molecule has 1 aliphatic rings. The molecule has 0 radical (unpaired) electrons. The number of piperidine rings is 1. The highest BCUT2D eigenvalue weighted by molar-refractivity contribution is 5.79. The van der Waals surface area contributed by atoms with E-state index in [9.17, 15) is 4.79 Å². The quantitative estimate of drug-likeness (QED) is 0.713. The number of carbonyl (C=O) groups excluding carboxylic acids is 1. The van der Waals surface area contributed by atoms with Crippen molar-refractivity contribution in [3.63, 3.8) is 0 Å². The lowest BCUT2D eigenvalue weighted by atomic mass is 9.98. The molecule has 5 heteroatoms. The van der Waals surface area contributed by atoms with E-state index >= 15 is 0 Å². The Balaban J connectivity index is 2.37. The van der Waals surface area contributed by atoms with Gasteiger partial charge in [0.25, 0.3) is 0 Å². The van der Waals surface area contributed by atoms with E-state index in [1.807, 2.05) is 0 Å². The van der Waals surface area contributed by atoms with Crippen LogP contribution in [0.4, 0.5) is 0 Å². The topological polar surface area (TPSA) is 64.8 Å². The van der Waals surface area contributed by atoms with Gasteiger partial charge in [0.1, 0.15) is 5.54 Å². The monoisotopic (exact) mass is 258 g/mol. The van der Waals surface area contributed by atoms with Crippen LogP contribution in [0.5, 0.6) is 0 Å². The Kier molecular flexibility index (Phi) is 6.05. The average Bonchev–Trinajstić information content (AvgIpc) is 2.37. The van der Waals surface area contributed by atoms with Crippen molar-refractivity contribution in [3.05, 3.63) is 0 Å². The first-order chi connectivity index (χ1) is 8.49. The predicted molar refractivity (Wildman–Crippen MR) is 70.3 cm³/mol. The molecular formula is C13H26N2O3. The van der Waals surface area contributed by atoms with E-state index in [4.69, 9.17) is 15.2 Å². The van der Waals surface area contributed by atoms with Crippen LogP contribution in [0.3, 0.4) is 0 Å². The number of carbonyl (C=O) groups is 1. The third-order valence-corrected chi connectivity index (χ3v) is 3.48. The molecule has 0 spiro atoms. The molecule has 2 unspecified atom stereocenters. The number of hydrogen-bond donors (Lipinski definition) is 1. The van der Waals surface area contributed by atoms with E-state index in [2.05, 4.69) is 4.90 Å². The Labute approximate surface area is 110 Å². The third-order valence-electron chi connectivity index (χ3n) is 3.48. The summed E-state index contributed by atoms with van der Waals surface area (Å²) in [4.78, 5) is 14.0. The molecule has 106 valence electrons. The number of esters is 1. The van der Waals surface area contributed by atoms with Gasteiger partial charge in [0.15, 0.2) is 0 Å². The minimum atomic E-state index is -0.893. The van der Waals surface area contributed by atoms with Crippen molar-refractivity contribution in [3.8, 4) is 0 Å². The molecule has 1 heterocycles. The van der Waals surface area contributed by atoms with Gasteiger partial charge in [0, 0.05) is 20.2 Å². The molecule has 0 aliphatic carbocycles. The fourth-order valence-electron chi connectivity index (χ4n) is 2.20. The molecule has 0 aromatic heterocycles. The minimum Gasteiger partial charge on any atom is -0.465 e. The Morgan fingerprint density at radius 2 is 2.28 bits per heavy atom. The van der Waals surface area contributed by atoms with Gasteiger partial charge in [-0.15, -0.1) is 0 Å². The van der Waals surface area contributed by atoms with E-state index < -0.39 is 5.54 Å². The number of likely N-dealkylation sites (tertiary alicyclic amines) is 1. The molecule has 0 amide bonds. The molecule has 0 bridgehead atoms. The van der Waals surface area contributed by atoms with Crippen LogP contribution in [-0.2, 0) is 14.3 Å². The summed E-state index contributed by atoms with van der Waals surface area (Å²) in [7, 11) is 1.75. The van der Waals surface area contributed by atoms with Crippen molar-refractivity contribution in [2.24, 2.45) is 5.73 Å². The average molecular weight is 258 g/mol. The highest BCUT2D eigenvalue weighted by Crippen LogP contribution is 2.15. The second-order valence-electron chi connectivity index (χ2n) is 5.19. The second kappa shape index (κ2) is 7.07. The summed E-state index contributed by atoms with van der Waals surface area (Å²) >= 11 is 0. The van der Waals surface area contributed by atoms with Crippen molar-refractivity contribution in [1.82, 2.24) is 4.90 Å². The molecule has 0 aromatic carbocycles. The van der Waals surface area contributed by atoms with Crippen LogP contribution < -0.4 is 5.73 Å². The molecular weight excluding hydrogens is 232 g/mol. The smallest absolute Gasteiger partial charge is 0.325 e. The second-order valence-corrected chi connectivity index (χ2v) is 5.19. The molecule has 1 rings (SSSR count). The van der Waals surface area contributed by atoms with Gasteiger partial charge in [-0.2, -0.15) is 0 Å². The van der Waals surface area contributed by atoms with Gasteiger partial charge in [0.2, 0.25) is 0 Å². The number of nitrogens with zero attached hydrogens (tertiary/aromatic N) is 1. The fraction of sp³-hybridized carbons (Fsp3) is 0.923. The van der Waals surface area contributed by atoms with Gasteiger partial charge in [0.05, 0.1) is 12.7 Å². The first kappa shape index (κ1) is 15.4. The summed E-state index contributed by atoms with van der Waals surface area (Å²) < 4.78 is 10.4. The zero-order valence-corrected chi connectivity index (χ0v) is 11.8. The number of ether oxygens (including phenoxy) is 2. The largest absolute Gasteiger partial charge is 0.465 e. The fourth-order valence-corrected chi connectivity index (χ4v) is 2.20. The van der Waals surface area contributed by atoms with E-state index in [0.717, 1.165) is 32.5 Å². The van der Waals surface area contributed by atoms with Gasteiger partial charge in [-0.25, -0.2) is 0 Å². The lowest BCUT2D eigenvalue weighted by Crippen LogP contribution is -2.49. The summed E-state index contributed by atoms with van der Waals surface area (Å²) in [6, 6.07) is 0. The lowest BCUT2D eigenvalue weighted by molar-refractivity contribution is -0.149. The number of nitrogens with two attached hydrogens (primary N) is 1. The SMILES string of the molecule is CCOC(=O)C(C)(N)CCN1CCCC(OC)C1. The lowest BCUT2D eigenvalue weighted by Gasteiger charge is -2.33. The van der Waals surface area contributed by atoms with Crippen LogP contribution in [0.25, 0.3) is 0 Å². The Morgan fingerprint density at radius 3 is 2.89 bits per heavy atom. The van der Waals surface area contributed by atoms with Gasteiger partial charge in [-0.3, -0.25) is 4.79 Å². The van der Waals surface area contributed by atoms with Gasteiger partial charge in [-0.1, -0.05) is 0 Å². The minimum absolute atomic E-state index is 0.311. The van der Waals surface area contributed by atoms with Crippen LogP contribution >= 0.6 is 0 Å². The van der Waals surface area contributed by atoms with Crippen molar-refractivity contribution in [2.75, 3.05) is 33.4 Å². The Morgan fingerprint density at radius 1 is 1.56 bits per heavy atom. The highest BCUT2D eigenvalue weighted by Gasteiger charge is 2.31. The maximum absolute atomic E-state index is 11.7. The molecule has 0 aromatic rings. The van der Waals surface area contributed by atoms with Crippen LogP contribution in [0.1, 0.15) is 33.1 Å². The number of methoxy groups -OCH3 is 1. The summed E-state index contributed by atoms with van der Waals surface area (Å²) in [6.45, 7) is 6.70. The van der Waals surface area contributed by atoms with Crippen molar-refractivity contribution in [2.45, 2.75) is 44.8 Å². The van der Waals surface area contributed by atoms with Gasteiger partial charge < -0.3 is 20.1 Å². The first-order valence-corrected chi connectivity index (χ1v) is 6.71. The van der Waals surface area contributed by atoms with Crippen LogP contribution in [0.15, 0.2) is 0 Å². The van der Waals surface area contributed by atoms with Crippen molar-refractivity contribution < 1.29 is 14.3 Å². The molecule has 2 atom stereocenters. The van der Waals surface area contributed by atoms with Crippen LogP contribution in [-0.4, -0.2) is 55.9 Å². The summed E-state index contributed by atoms with van der Waals surface area (Å²) in [5.41, 5.74) is 5.11. The zero-order valence-electron chi connectivity index (χ0n) is 11.8. The van der Waals surface area contributed by atoms with Gasteiger partial charge >= 0.3 is 5.97 Å². The maximum Gasteiger partial charge on any atom is 0.325 e. The van der Waals surface area contributed by atoms with Crippen LogP contribution in [0.2, 0.25) is 0 Å². The molecule has 1 saturated heterocycles. The Hall–Kier alpha value is -0.650. The molecule has 2 N–H and O–H groups in total. The predicted octanol–water partition coefficient (Wildman–Crippen LogP) is 0.768. The molecule has 1 fully saturated rings. The van der Waals surface area contributed by atoms with E-state index in [-0.39, 0.29) is 5.97 Å². The highest BCUT2D eigenvalue weighted by atomic mass is 16.5. The summed E-state index contributed by atoms with van der Waals surface area (Å²) in [5.74, 6) is -0.315. The van der Waals surface area contributed by atoms with E-state index in [1.54, 1.807) is 21.0 Å². The van der Waals surface area contributed by atoms with E-state index in [0.29, 0.717) is 19.1 Å². The van der Waals surface area contributed by atoms with Crippen LogP contribution in [0, 0.1) is 0 Å². The Bertz CT molecular complexity index is 269. The first-order valence-electron chi connectivity index (χ1n) is 6.71. The summed E-state index contributed by atoms with van der Waals surface area (Å²) in [6.07, 6.45) is 3.18. The standard InChI is InChI=1S/C13H26N2O3/c1-4-18-12(16)13(2,14)7-9-15-8-5-6-11(10-15)17-3/h11H,4-10,14H2,1-3H3. The zero-order chi connectivity index (χ0) is 13.6. The molecule has 1 aliphatic heterocycles. The normalized spacial score (nSPS) is 24.6.